The maximum atomic E-state index is 13.9. The smallest absolute Gasteiger partial charge is 0.323 e. The van der Waals surface area contributed by atoms with E-state index in [0.717, 1.165) is 23.2 Å². The summed E-state index contributed by atoms with van der Waals surface area (Å²) in [5, 5.41) is 14.4. The molecule has 1 heterocycles. The van der Waals surface area contributed by atoms with Crippen LogP contribution < -0.4 is 10.2 Å². The van der Waals surface area contributed by atoms with Gasteiger partial charge in [-0.05, 0) is 55.7 Å². The lowest BCUT2D eigenvalue weighted by Crippen LogP contribution is -2.52. The highest BCUT2D eigenvalue weighted by molar-refractivity contribution is 5.99. The van der Waals surface area contributed by atoms with E-state index in [9.17, 15) is 19.7 Å². The topological polar surface area (TPSA) is 102 Å². The van der Waals surface area contributed by atoms with Crippen molar-refractivity contribution in [2.24, 2.45) is 5.92 Å². The number of esters is 1. The van der Waals surface area contributed by atoms with Crippen LogP contribution in [0.4, 0.5) is 11.4 Å². The molecule has 198 valence electrons. The third-order valence-electron chi connectivity index (χ3n) is 7.60. The third-order valence-corrected chi connectivity index (χ3v) is 7.60. The van der Waals surface area contributed by atoms with Gasteiger partial charge in [-0.3, -0.25) is 25.0 Å². The van der Waals surface area contributed by atoms with Gasteiger partial charge in [0.05, 0.1) is 24.1 Å². The van der Waals surface area contributed by atoms with Gasteiger partial charge in [-0.15, -0.1) is 0 Å². The first-order chi connectivity index (χ1) is 18.0. The SMILES string of the molecule is CCOC(=O)C(CCC1CCCCC1)NC1CCc2ccccc2N(Cc2ccc([N+](=O)[O-])cc2)C1=O. The van der Waals surface area contributed by atoms with E-state index in [4.69, 9.17) is 4.74 Å². The number of anilines is 1. The van der Waals surface area contributed by atoms with Crippen molar-refractivity contribution in [3.63, 3.8) is 0 Å². The number of rotatable bonds is 10. The van der Waals surface area contributed by atoms with Gasteiger partial charge in [0.1, 0.15) is 6.04 Å². The van der Waals surface area contributed by atoms with Crippen LogP contribution in [-0.4, -0.2) is 35.5 Å². The van der Waals surface area contributed by atoms with E-state index in [0.29, 0.717) is 31.8 Å². The van der Waals surface area contributed by atoms with E-state index in [2.05, 4.69) is 5.32 Å². The lowest BCUT2D eigenvalue weighted by Gasteiger charge is -2.29. The summed E-state index contributed by atoms with van der Waals surface area (Å²) >= 11 is 0. The number of nitro groups is 1. The number of carbonyl (C=O) groups excluding carboxylic acids is 2. The number of carbonyl (C=O) groups is 2. The zero-order chi connectivity index (χ0) is 26.2. The molecule has 0 spiro atoms. The molecule has 0 aromatic heterocycles. The van der Waals surface area contributed by atoms with Crippen LogP contribution in [-0.2, 0) is 27.3 Å². The number of aryl methyl sites for hydroxylation is 1. The molecular weight excluding hydrogens is 470 g/mol. The number of ether oxygens (including phenoxy) is 1. The highest BCUT2D eigenvalue weighted by atomic mass is 16.6. The number of nitrogens with zero attached hydrogens (tertiary/aromatic N) is 2. The second kappa shape index (κ2) is 12.8. The summed E-state index contributed by atoms with van der Waals surface area (Å²) in [5.74, 6) is 0.227. The van der Waals surface area contributed by atoms with Gasteiger partial charge in [0.2, 0.25) is 5.91 Å². The molecule has 1 fully saturated rings. The van der Waals surface area contributed by atoms with Gasteiger partial charge < -0.3 is 9.64 Å². The van der Waals surface area contributed by atoms with E-state index < -0.39 is 17.0 Å². The number of nitro benzene ring substituents is 1. The first kappa shape index (κ1) is 26.8. The number of fused-ring (bicyclic) bond motifs is 1. The van der Waals surface area contributed by atoms with Gasteiger partial charge in [-0.2, -0.15) is 0 Å². The fraction of sp³-hybridized carbons (Fsp3) is 0.517. The number of para-hydroxylation sites is 1. The summed E-state index contributed by atoms with van der Waals surface area (Å²) in [4.78, 5) is 39.2. The van der Waals surface area contributed by atoms with Crippen LogP contribution in [0.1, 0.15) is 69.4 Å². The number of nitrogens with one attached hydrogen (secondary N) is 1. The number of hydrogen-bond donors (Lipinski definition) is 1. The molecule has 2 unspecified atom stereocenters. The molecule has 4 rings (SSSR count). The molecule has 8 nitrogen and oxygen atoms in total. The minimum atomic E-state index is -0.536. The Morgan fingerprint density at radius 2 is 1.84 bits per heavy atom. The van der Waals surface area contributed by atoms with Crippen molar-refractivity contribution in [2.45, 2.75) is 83.3 Å². The van der Waals surface area contributed by atoms with Crippen molar-refractivity contribution in [3.05, 3.63) is 69.8 Å². The standard InChI is InChI=1S/C29H37N3O5/c1-2-37-29(34)26(18-14-21-8-4-3-5-9-21)30-25-19-15-23-10-6-7-11-27(23)31(28(25)33)20-22-12-16-24(17-13-22)32(35)36/h6-7,10-13,16-17,21,25-26,30H,2-5,8-9,14-15,18-20H2,1H3. The van der Waals surface area contributed by atoms with Crippen LogP contribution in [0.5, 0.6) is 0 Å². The van der Waals surface area contributed by atoms with Gasteiger partial charge in [0.25, 0.3) is 5.69 Å². The number of non-ortho nitro benzene ring substituents is 1. The lowest BCUT2D eigenvalue weighted by molar-refractivity contribution is -0.384. The molecule has 2 atom stereocenters. The van der Waals surface area contributed by atoms with E-state index in [1.54, 1.807) is 24.0 Å². The molecule has 2 aliphatic rings. The molecule has 0 bridgehead atoms. The quantitative estimate of drug-likeness (QED) is 0.265. The Kier molecular flexibility index (Phi) is 9.28. The minimum absolute atomic E-state index is 0.0149. The Balaban J connectivity index is 1.53. The van der Waals surface area contributed by atoms with Crippen molar-refractivity contribution in [2.75, 3.05) is 11.5 Å². The molecule has 0 radical (unpaired) electrons. The highest BCUT2D eigenvalue weighted by Crippen LogP contribution is 2.30. The molecule has 37 heavy (non-hydrogen) atoms. The minimum Gasteiger partial charge on any atom is -0.465 e. The fourth-order valence-corrected chi connectivity index (χ4v) is 5.57. The molecule has 2 aromatic carbocycles. The van der Waals surface area contributed by atoms with E-state index in [-0.39, 0.29) is 24.1 Å². The molecule has 1 saturated carbocycles. The first-order valence-electron chi connectivity index (χ1n) is 13.5. The summed E-state index contributed by atoms with van der Waals surface area (Å²) in [6.07, 6.45) is 9.08. The predicted octanol–water partition coefficient (Wildman–Crippen LogP) is 5.32. The molecule has 1 aliphatic heterocycles. The summed E-state index contributed by atoms with van der Waals surface area (Å²) in [7, 11) is 0. The van der Waals surface area contributed by atoms with E-state index in [1.165, 1.54) is 44.2 Å². The van der Waals surface area contributed by atoms with Crippen molar-refractivity contribution < 1.29 is 19.2 Å². The first-order valence-corrected chi connectivity index (χ1v) is 13.5. The zero-order valence-electron chi connectivity index (χ0n) is 21.6. The second-order valence-electron chi connectivity index (χ2n) is 10.1. The number of benzene rings is 2. The van der Waals surface area contributed by atoms with Gasteiger partial charge in [0, 0.05) is 17.8 Å². The Morgan fingerprint density at radius 1 is 1.11 bits per heavy atom. The van der Waals surface area contributed by atoms with Crippen molar-refractivity contribution >= 4 is 23.3 Å². The largest absolute Gasteiger partial charge is 0.465 e. The average Bonchev–Trinajstić information content (AvgIpc) is 3.04. The third kappa shape index (κ3) is 6.95. The number of hydrogen-bond acceptors (Lipinski definition) is 6. The summed E-state index contributed by atoms with van der Waals surface area (Å²) in [5.41, 5.74) is 2.72. The summed E-state index contributed by atoms with van der Waals surface area (Å²) < 4.78 is 5.39. The zero-order valence-corrected chi connectivity index (χ0v) is 21.6. The van der Waals surface area contributed by atoms with Crippen molar-refractivity contribution in [1.82, 2.24) is 5.32 Å². The fourth-order valence-electron chi connectivity index (χ4n) is 5.57. The molecule has 2 aromatic rings. The van der Waals surface area contributed by atoms with Crippen LogP contribution in [0.2, 0.25) is 0 Å². The average molecular weight is 508 g/mol. The molecule has 8 heteroatoms. The molecule has 1 amide bonds. The Morgan fingerprint density at radius 3 is 2.54 bits per heavy atom. The lowest BCUT2D eigenvalue weighted by atomic mass is 9.85. The van der Waals surface area contributed by atoms with Crippen molar-refractivity contribution in [1.29, 1.82) is 0 Å². The predicted molar refractivity (Wildman–Crippen MR) is 142 cm³/mol. The van der Waals surface area contributed by atoms with Gasteiger partial charge in [-0.1, -0.05) is 62.4 Å². The molecule has 0 saturated heterocycles. The van der Waals surface area contributed by atoms with Crippen LogP contribution in [0, 0.1) is 16.0 Å². The molecular formula is C29H37N3O5. The second-order valence-corrected chi connectivity index (χ2v) is 10.1. The molecule has 1 N–H and O–H groups in total. The van der Waals surface area contributed by atoms with Crippen LogP contribution in [0.3, 0.4) is 0 Å². The maximum Gasteiger partial charge on any atom is 0.323 e. The molecule has 1 aliphatic carbocycles. The maximum absolute atomic E-state index is 13.9. The normalized spacial score (nSPS) is 19.1. The summed E-state index contributed by atoms with van der Waals surface area (Å²) in [6.45, 7) is 2.39. The van der Waals surface area contributed by atoms with Crippen molar-refractivity contribution in [3.8, 4) is 0 Å². The summed E-state index contributed by atoms with van der Waals surface area (Å²) in [6, 6.07) is 13.1. The van der Waals surface area contributed by atoms with E-state index >= 15 is 0 Å². The Hall–Kier alpha value is -3.26. The Labute approximate surface area is 218 Å². The van der Waals surface area contributed by atoms with Crippen LogP contribution in [0.15, 0.2) is 48.5 Å². The van der Waals surface area contributed by atoms with Crippen LogP contribution >= 0.6 is 0 Å². The van der Waals surface area contributed by atoms with Crippen LogP contribution in [0.25, 0.3) is 0 Å². The number of amides is 1. The van der Waals surface area contributed by atoms with Gasteiger partial charge >= 0.3 is 5.97 Å². The highest BCUT2D eigenvalue weighted by Gasteiger charge is 2.34. The van der Waals surface area contributed by atoms with Gasteiger partial charge in [-0.25, -0.2) is 0 Å². The van der Waals surface area contributed by atoms with Gasteiger partial charge in [0.15, 0.2) is 0 Å². The monoisotopic (exact) mass is 507 g/mol. The van der Waals surface area contributed by atoms with E-state index in [1.807, 2.05) is 24.3 Å². The Bertz CT molecular complexity index is 1080.